The van der Waals surface area contributed by atoms with E-state index in [1.807, 2.05) is 6.20 Å². The standard InChI is InChI=1S/C11H14N2O3S/c14-10(15)6-17-11-12-3-4-13(11)8-5-7-1-2-9(8)16-7/h3-4,7-9H,1-2,5-6H2,(H,14,15). The minimum absolute atomic E-state index is 0.0543. The molecular formula is C11H14N2O3S. The summed E-state index contributed by atoms with van der Waals surface area (Å²) < 4.78 is 7.90. The van der Waals surface area contributed by atoms with Crippen LogP contribution in [0.15, 0.2) is 17.6 Å². The van der Waals surface area contributed by atoms with Crippen molar-refractivity contribution in [2.24, 2.45) is 0 Å². The number of rotatable bonds is 4. The number of carboxylic acids is 1. The first-order chi connectivity index (χ1) is 8.24. The Labute approximate surface area is 103 Å². The number of nitrogens with zero attached hydrogens (tertiary/aromatic N) is 2. The van der Waals surface area contributed by atoms with Gasteiger partial charge in [-0.2, -0.15) is 0 Å². The largest absolute Gasteiger partial charge is 0.481 e. The molecule has 0 radical (unpaired) electrons. The highest BCUT2D eigenvalue weighted by molar-refractivity contribution is 7.99. The molecule has 2 bridgehead atoms. The summed E-state index contributed by atoms with van der Waals surface area (Å²) in [5.74, 6) is -0.757. The van der Waals surface area contributed by atoms with Crippen LogP contribution in [0, 0.1) is 0 Å². The van der Waals surface area contributed by atoms with Crippen molar-refractivity contribution in [2.45, 2.75) is 42.7 Å². The summed E-state index contributed by atoms with van der Waals surface area (Å²) in [6.07, 6.45) is 7.64. The third kappa shape index (κ3) is 2.07. The average molecular weight is 254 g/mol. The van der Waals surface area contributed by atoms with Gasteiger partial charge in [0.15, 0.2) is 5.16 Å². The van der Waals surface area contributed by atoms with Gasteiger partial charge >= 0.3 is 5.97 Å². The van der Waals surface area contributed by atoms with Gasteiger partial charge in [0.2, 0.25) is 0 Å². The summed E-state index contributed by atoms with van der Waals surface area (Å²) in [5, 5.41) is 9.48. The van der Waals surface area contributed by atoms with Gasteiger partial charge < -0.3 is 14.4 Å². The normalized spacial score (nSPS) is 30.9. The third-order valence-corrected chi connectivity index (χ3v) is 4.35. The monoisotopic (exact) mass is 254 g/mol. The van der Waals surface area contributed by atoms with Crippen LogP contribution in [0.5, 0.6) is 0 Å². The number of carbonyl (C=O) groups is 1. The van der Waals surface area contributed by atoms with Crippen LogP contribution in [0.4, 0.5) is 0 Å². The minimum Gasteiger partial charge on any atom is -0.481 e. The van der Waals surface area contributed by atoms with E-state index in [4.69, 9.17) is 9.84 Å². The van der Waals surface area contributed by atoms with E-state index in [1.54, 1.807) is 6.20 Å². The SMILES string of the molecule is O=C(O)CSc1nccn1C1CC2CCC1O2. The van der Waals surface area contributed by atoms with E-state index in [0.717, 1.165) is 24.4 Å². The van der Waals surface area contributed by atoms with Crippen molar-refractivity contribution in [3.05, 3.63) is 12.4 Å². The highest BCUT2D eigenvalue weighted by atomic mass is 32.2. The molecule has 0 aliphatic carbocycles. The molecule has 3 rings (SSSR count). The molecule has 3 unspecified atom stereocenters. The molecule has 5 nitrogen and oxygen atoms in total. The van der Waals surface area contributed by atoms with Crippen molar-refractivity contribution in [3.63, 3.8) is 0 Å². The lowest BCUT2D eigenvalue weighted by atomic mass is 9.95. The van der Waals surface area contributed by atoms with Crippen molar-refractivity contribution < 1.29 is 14.6 Å². The summed E-state index contributed by atoms with van der Waals surface area (Å²) in [4.78, 5) is 14.8. The number of imidazole rings is 1. The maximum atomic E-state index is 10.6. The molecule has 2 saturated heterocycles. The summed E-state index contributed by atoms with van der Waals surface area (Å²) in [5.41, 5.74) is 0. The van der Waals surface area contributed by atoms with Crippen LogP contribution in [0.25, 0.3) is 0 Å². The topological polar surface area (TPSA) is 64.3 Å². The molecule has 1 aromatic heterocycles. The molecule has 3 atom stereocenters. The van der Waals surface area contributed by atoms with Gasteiger partial charge in [0.05, 0.1) is 24.0 Å². The first-order valence-electron chi connectivity index (χ1n) is 5.77. The number of hydrogen-bond donors (Lipinski definition) is 1. The maximum absolute atomic E-state index is 10.6. The number of fused-ring (bicyclic) bond motifs is 2. The predicted molar refractivity (Wildman–Crippen MR) is 62.1 cm³/mol. The van der Waals surface area contributed by atoms with E-state index in [0.29, 0.717) is 18.2 Å². The second kappa shape index (κ2) is 4.34. The highest BCUT2D eigenvalue weighted by Gasteiger charge is 2.42. The van der Waals surface area contributed by atoms with Gasteiger partial charge in [0.1, 0.15) is 0 Å². The first-order valence-corrected chi connectivity index (χ1v) is 6.75. The molecule has 0 spiro atoms. The van der Waals surface area contributed by atoms with Gasteiger partial charge in [0, 0.05) is 12.4 Å². The number of aromatic nitrogens is 2. The van der Waals surface area contributed by atoms with Crippen molar-refractivity contribution in [1.82, 2.24) is 9.55 Å². The number of ether oxygens (including phenoxy) is 1. The summed E-state index contributed by atoms with van der Waals surface area (Å²) in [6.45, 7) is 0. The van der Waals surface area contributed by atoms with Crippen LogP contribution in [0.1, 0.15) is 25.3 Å². The van der Waals surface area contributed by atoms with Crippen molar-refractivity contribution in [3.8, 4) is 0 Å². The third-order valence-electron chi connectivity index (χ3n) is 3.39. The van der Waals surface area contributed by atoms with E-state index >= 15 is 0 Å². The van der Waals surface area contributed by atoms with Crippen molar-refractivity contribution in [2.75, 3.05) is 5.75 Å². The van der Waals surface area contributed by atoms with E-state index in [9.17, 15) is 4.79 Å². The van der Waals surface area contributed by atoms with Crippen LogP contribution in [0.2, 0.25) is 0 Å². The molecule has 2 aliphatic rings. The van der Waals surface area contributed by atoms with Crippen LogP contribution < -0.4 is 0 Å². The van der Waals surface area contributed by atoms with Gasteiger partial charge in [0.25, 0.3) is 0 Å². The fourth-order valence-electron chi connectivity index (χ4n) is 2.69. The zero-order valence-corrected chi connectivity index (χ0v) is 10.1. The predicted octanol–water partition coefficient (Wildman–Crippen LogP) is 1.55. The summed E-state index contributed by atoms with van der Waals surface area (Å²) in [6, 6.07) is 0.340. The van der Waals surface area contributed by atoms with Gasteiger partial charge in [-0.15, -0.1) is 0 Å². The van der Waals surface area contributed by atoms with Crippen LogP contribution in [0.3, 0.4) is 0 Å². The van der Waals surface area contributed by atoms with Crippen molar-refractivity contribution in [1.29, 1.82) is 0 Å². The van der Waals surface area contributed by atoms with E-state index in [-0.39, 0.29) is 5.75 Å². The molecule has 17 heavy (non-hydrogen) atoms. The lowest BCUT2D eigenvalue weighted by Gasteiger charge is -2.21. The van der Waals surface area contributed by atoms with Gasteiger partial charge in [-0.05, 0) is 19.3 Å². The Morgan fingerprint density at radius 3 is 3.18 bits per heavy atom. The van der Waals surface area contributed by atoms with Crippen LogP contribution in [-0.2, 0) is 9.53 Å². The number of carboxylic acid groups (broad SMARTS) is 1. The molecule has 0 amide bonds. The lowest BCUT2D eigenvalue weighted by molar-refractivity contribution is -0.133. The van der Waals surface area contributed by atoms with Gasteiger partial charge in [-0.25, -0.2) is 4.98 Å². The molecule has 2 aliphatic heterocycles. The smallest absolute Gasteiger partial charge is 0.313 e. The van der Waals surface area contributed by atoms with Gasteiger partial charge in [-0.3, -0.25) is 4.79 Å². The highest BCUT2D eigenvalue weighted by Crippen LogP contribution is 2.42. The Bertz CT molecular complexity index is 434. The van der Waals surface area contributed by atoms with Crippen molar-refractivity contribution >= 4 is 17.7 Å². The molecular weight excluding hydrogens is 240 g/mol. The Balaban J connectivity index is 1.74. The molecule has 3 heterocycles. The fourth-order valence-corrected chi connectivity index (χ4v) is 3.43. The molecule has 1 N–H and O–H groups in total. The number of hydrogen-bond acceptors (Lipinski definition) is 4. The fraction of sp³-hybridized carbons (Fsp3) is 0.636. The second-order valence-electron chi connectivity index (χ2n) is 4.48. The second-order valence-corrected chi connectivity index (χ2v) is 5.42. The number of aliphatic carboxylic acids is 1. The molecule has 1 aromatic rings. The zero-order chi connectivity index (χ0) is 11.8. The lowest BCUT2D eigenvalue weighted by Crippen LogP contribution is -2.21. The summed E-state index contributed by atoms with van der Waals surface area (Å²) >= 11 is 1.27. The molecule has 2 fully saturated rings. The minimum atomic E-state index is -0.811. The molecule has 92 valence electrons. The van der Waals surface area contributed by atoms with Crippen LogP contribution >= 0.6 is 11.8 Å². The molecule has 0 aromatic carbocycles. The Kier molecular flexibility index (Phi) is 2.84. The average Bonchev–Trinajstić information content (AvgIpc) is 3.01. The maximum Gasteiger partial charge on any atom is 0.313 e. The molecule has 0 saturated carbocycles. The van der Waals surface area contributed by atoms with Crippen LogP contribution in [-0.4, -0.2) is 38.6 Å². The van der Waals surface area contributed by atoms with E-state index < -0.39 is 5.97 Å². The van der Waals surface area contributed by atoms with E-state index in [2.05, 4.69) is 9.55 Å². The quantitative estimate of drug-likeness (QED) is 0.826. The Morgan fingerprint density at radius 1 is 1.65 bits per heavy atom. The molecule has 6 heteroatoms. The number of thioether (sulfide) groups is 1. The summed E-state index contributed by atoms with van der Waals surface area (Å²) in [7, 11) is 0. The van der Waals surface area contributed by atoms with Gasteiger partial charge in [-0.1, -0.05) is 11.8 Å². The zero-order valence-electron chi connectivity index (χ0n) is 9.28. The first kappa shape index (κ1) is 11.1. The Morgan fingerprint density at radius 2 is 2.53 bits per heavy atom. The van der Waals surface area contributed by atoms with E-state index in [1.165, 1.54) is 11.8 Å². The Hall–Kier alpha value is -1.01.